The topological polar surface area (TPSA) is 66.3 Å². The van der Waals surface area contributed by atoms with Gasteiger partial charge < -0.3 is 10.0 Å². The van der Waals surface area contributed by atoms with Gasteiger partial charge in [-0.15, -0.1) is 0 Å². The zero-order valence-electron chi connectivity index (χ0n) is 9.96. The molecule has 1 aromatic rings. The minimum absolute atomic E-state index is 0.0516. The minimum Gasteiger partial charge on any atom is -0.481 e. The Morgan fingerprint density at radius 1 is 1.53 bits per heavy atom. The molecule has 2 rings (SSSR count). The number of aromatic nitrogens is 2. The third-order valence-corrected chi connectivity index (χ3v) is 3.14. The van der Waals surface area contributed by atoms with Gasteiger partial charge in [0.2, 0.25) is 0 Å². The molecule has 1 saturated heterocycles. The van der Waals surface area contributed by atoms with Crippen LogP contribution in [0.5, 0.6) is 0 Å². The Hall–Kier alpha value is -1.65. The predicted molar refractivity (Wildman–Crippen MR) is 64.1 cm³/mol. The Balaban J connectivity index is 2.23. The number of carbonyl (C=O) groups is 1. The van der Waals surface area contributed by atoms with Gasteiger partial charge in [0.25, 0.3) is 0 Å². The molecule has 1 aliphatic heterocycles. The number of anilines is 1. The number of hydrogen-bond acceptors (Lipinski definition) is 4. The summed E-state index contributed by atoms with van der Waals surface area (Å²) >= 11 is 0. The van der Waals surface area contributed by atoms with E-state index in [0.717, 1.165) is 24.5 Å². The highest BCUT2D eigenvalue weighted by Gasteiger charge is 2.21. The van der Waals surface area contributed by atoms with Crippen LogP contribution in [0.25, 0.3) is 0 Å². The fourth-order valence-electron chi connectivity index (χ4n) is 2.25. The van der Waals surface area contributed by atoms with Gasteiger partial charge in [0, 0.05) is 24.8 Å². The number of carboxylic acids is 1. The molecule has 0 bridgehead atoms. The van der Waals surface area contributed by atoms with Crippen LogP contribution in [0.3, 0.4) is 0 Å². The molecule has 0 amide bonds. The highest BCUT2D eigenvalue weighted by Crippen LogP contribution is 2.28. The lowest BCUT2D eigenvalue weighted by Gasteiger charge is -2.21. The van der Waals surface area contributed by atoms with Gasteiger partial charge in [-0.05, 0) is 18.8 Å². The molecule has 1 unspecified atom stereocenters. The molecule has 5 nitrogen and oxygen atoms in total. The largest absolute Gasteiger partial charge is 0.481 e. The average molecular weight is 235 g/mol. The van der Waals surface area contributed by atoms with E-state index in [1.807, 2.05) is 6.92 Å². The molecule has 92 valence electrons. The first kappa shape index (κ1) is 11.8. The van der Waals surface area contributed by atoms with E-state index in [4.69, 9.17) is 5.11 Å². The van der Waals surface area contributed by atoms with E-state index in [-0.39, 0.29) is 12.3 Å². The lowest BCUT2D eigenvalue weighted by Crippen LogP contribution is -2.22. The second kappa shape index (κ2) is 5.12. The fourth-order valence-corrected chi connectivity index (χ4v) is 2.25. The summed E-state index contributed by atoms with van der Waals surface area (Å²) in [6, 6.07) is 0. The van der Waals surface area contributed by atoms with Crippen molar-refractivity contribution < 1.29 is 9.90 Å². The van der Waals surface area contributed by atoms with Gasteiger partial charge in [-0.2, -0.15) is 0 Å². The van der Waals surface area contributed by atoms with E-state index >= 15 is 0 Å². The molecule has 0 aromatic carbocycles. The first-order valence-electron chi connectivity index (χ1n) is 5.95. The summed E-state index contributed by atoms with van der Waals surface area (Å²) in [5.74, 6) is 0.0734. The van der Waals surface area contributed by atoms with Crippen LogP contribution in [-0.2, 0) is 4.79 Å². The summed E-state index contributed by atoms with van der Waals surface area (Å²) in [4.78, 5) is 21.3. The molecule has 1 aliphatic rings. The third-order valence-electron chi connectivity index (χ3n) is 3.14. The van der Waals surface area contributed by atoms with E-state index in [1.165, 1.54) is 19.2 Å². The summed E-state index contributed by atoms with van der Waals surface area (Å²) in [5, 5.41) is 8.85. The Kier molecular flexibility index (Phi) is 3.56. The van der Waals surface area contributed by atoms with Crippen LogP contribution < -0.4 is 4.90 Å². The standard InChI is InChI=1S/C12H17N3O2/c1-9(6-11(16)17)10-7-13-8-14-12(10)15-4-2-3-5-15/h7-9H,2-6H2,1H3,(H,16,17). The van der Waals surface area contributed by atoms with Gasteiger partial charge in [0.05, 0.1) is 6.42 Å². The zero-order valence-corrected chi connectivity index (χ0v) is 9.96. The highest BCUT2D eigenvalue weighted by molar-refractivity contribution is 5.68. The maximum Gasteiger partial charge on any atom is 0.303 e. The maximum atomic E-state index is 10.8. The monoisotopic (exact) mass is 235 g/mol. The average Bonchev–Trinajstić information content (AvgIpc) is 2.81. The number of aliphatic carboxylic acids is 1. The minimum atomic E-state index is -0.784. The normalized spacial score (nSPS) is 17.1. The van der Waals surface area contributed by atoms with E-state index < -0.39 is 5.97 Å². The molecule has 1 fully saturated rings. The quantitative estimate of drug-likeness (QED) is 0.859. The van der Waals surface area contributed by atoms with Crippen LogP contribution >= 0.6 is 0 Å². The summed E-state index contributed by atoms with van der Waals surface area (Å²) in [7, 11) is 0. The van der Waals surface area contributed by atoms with Crippen LogP contribution in [0.1, 0.15) is 37.7 Å². The van der Waals surface area contributed by atoms with Crippen molar-refractivity contribution in [1.82, 2.24) is 9.97 Å². The van der Waals surface area contributed by atoms with Crippen LogP contribution in [0.15, 0.2) is 12.5 Å². The van der Waals surface area contributed by atoms with Crippen molar-refractivity contribution in [2.24, 2.45) is 0 Å². The first-order chi connectivity index (χ1) is 8.18. The summed E-state index contributed by atoms with van der Waals surface area (Å²) in [5.41, 5.74) is 0.941. The van der Waals surface area contributed by atoms with Gasteiger partial charge in [0.1, 0.15) is 12.1 Å². The Morgan fingerprint density at radius 2 is 2.24 bits per heavy atom. The SMILES string of the molecule is CC(CC(=O)O)c1cncnc1N1CCCC1. The van der Waals surface area contributed by atoms with Crippen LogP contribution in [0.2, 0.25) is 0 Å². The molecule has 1 aromatic heterocycles. The Labute approximate surface area is 100 Å². The van der Waals surface area contributed by atoms with Gasteiger partial charge in [-0.1, -0.05) is 6.92 Å². The Bertz CT molecular complexity index is 402. The van der Waals surface area contributed by atoms with E-state index in [9.17, 15) is 4.79 Å². The molecule has 0 saturated carbocycles. The molecule has 2 heterocycles. The van der Waals surface area contributed by atoms with Crippen LogP contribution in [0.4, 0.5) is 5.82 Å². The van der Waals surface area contributed by atoms with Gasteiger partial charge >= 0.3 is 5.97 Å². The van der Waals surface area contributed by atoms with E-state index in [1.54, 1.807) is 6.20 Å². The lowest BCUT2D eigenvalue weighted by atomic mass is 9.99. The second-order valence-corrected chi connectivity index (χ2v) is 4.49. The van der Waals surface area contributed by atoms with Crippen molar-refractivity contribution in [3.05, 3.63) is 18.1 Å². The molecule has 17 heavy (non-hydrogen) atoms. The van der Waals surface area contributed by atoms with Crippen molar-refractivity contribution in [3.63, 3.8) is 0 Å². The smallest absolute Gasteiger partial charge is 0.303 e. The number of carboxylic acid groups (broad SMARTS) is 1. The van der Waals surface area contributed by atoms with Crippen molar-refractivity contribution in [2.75, 3.05) is 18.0 Å². The van der Waals surface area contributed by atoms with E-state index in [2.05, 4.69) is 14.9 Å². The molecule has 0 radical (unpaired) electrons. The summed E-state index contributed by atoms with van der Waals surface area (Å²) in [6.07, 6.45) is 5.75. The van der Waals surface area contributed by atoms with E-state index in [0.29, 0.717) is 0 Å². The zero-order chi connectivity index (χ0) is 12.3. The predicted octanol–water partition coefficient (Wildman–Crippen LogP) is 1.65. The van der Waals surface area contributed by atoms with Crippen LogP contribution in [0, 0.1) is 0 Å². The number of nitrogens with zero attached hydrogens (tertiary/aromatic N) is 3. The molecule has 0 spiro atoms. The highest BCUT2D eigenvalue weighted by atomic mass is 16.4. The van der Waals surface area contributed by atoms with Crippen molar-refractivity contribution in [1.29, 1.82) is 0 Å². The van der Waals surface area contributed by atoms with Crippen molar-refractivity contribution in [2.45, 2.75) is 32.1 Å². The van der Waals surface area contributed by atoms with Gasteiger partial charge in [-0.25, -0.2) is 9.97 Å². The molecular weight excluding hydrogens is 218 g/mol. The molecular formula is C12H17N3O2. The van der Waals surface area contributed by atoms with Crippen LogP contribution in [-0.4, -0.2) is 34.1 Å². The molecule has 1 N–H and O–H groups in total. The van der Waals surface area contributed by atoms with Gasteiger partial charge in [-0.3, -0.25) is 4.79 Å². The molecule has 0 aliphatic carbocycles. The Morgan fingerprint density at radius 3 is 2.88 bits per heavy atom. The number of rotatable bonds is 4. The molecule has 1 atom stereocenters. The fraction of sp³-hybridized carbons (Fsp3) is 0.583. The first-order valence-corrected chi connectivity index (χ1v) is 5.95. The van der Waals surface area contributed by atoms with Crippen molar-refractivity contribution in [3.8, 4) is 0 Å². The number of hydrogen-bond donors (Lipinski definition) is 1. The maximum absolute atomic E-state index is 10.8. The second-order valence-electron chi connectivity index (χ2n) is 4.49. The summed E-state index contributed by atoms with van der Waals surface area (Å²) in [6.45, 7) is 3.92. The lowest BCUT2D eigenvalue weighted by molar-refractivity contribution is -0.137. The van der Waals surface area contributed by atoms with Gasteiger partial charge in [0.15, 0.2) is 0 Å². The van der Waals surface area contributed by atoms with Crippen molar-refractivity contribution >= 4 is 11.8 Å². The summed E-state index contributed by atoms with van der Waals surface area (Å²) < 4.78 is 0. The molecule has 5 heteroatoms. The third kappa shape index (κ3) is 2.72.